The topological polar surface area (TPSA) is 0 Å². The van der Waals surface area contributed by atoms with Gasteiger partial charge in [-0.25, -0.2) is 0 Å². The van der Waals surface area contributed by atoms with Crippen LogP contribution in [0.25, 0.3) is 0 Å². The van der Waals surface area contributed by atoms with Crippen LogP contribution >= 0.6 is 12.6 Å². The van der Waals surface area contributed by atoms with Crippen LogP contribution in [0.15, 0.2) is 0 Å². The van der Waals surface area contributed by atoms with Crippen LogP contribution in [0.5, 0.6) is 0 Å². The average molecular weight is 188 g/mol. The molecule has 0 amide bonds. The summed E-state index contributed by atoms with van der Waals surface area (Å²) in [6.07, 6.45) is 8.05. The van der Waals surface area contributed by atoms with Crippen molar-refractivity contribution in [1.82, 2.24) is 0 Å². The fraction of sp³-hybridized carbons (Fsp3) is 1.00. The van der Waals surface area contributed by atoms with E-state index in [0.29, 0.717) is 5.41 Å². The van der Waals surface area contributed by atoms with Crippen LogP contribution in [-0.2, 0) is 0 Å². The summed E-state index contributed by atoms with van der Waals surface area (Å²) < 4.78 is 0. The fourth-order valence-electron chi connectivity index (χ4n) is 1.87. The molecule has 74 valence electrons. The summed E-state index contributed by atoms with van der Waals surface area (Å²) in [4.78, 5) is 0. The number of thiol groups is 1. The van der Waals surface area contributed by atoms with Gasteiger partial charge in [-0.1, -0.05) is 46.5 Å². The molecule has 0 saturated carbocycles. The molecule has 0 N–H and O–H groups in total. The SMILES string of the molecule is CCCCC(CC)(CC)CCS. The number of hydrogen-bond acceptors (Lipinski definition) is 1. The van der Waals surface area contributed by atoms with Gasteiger partial charge in [-0.05, 0) is 24.0 Å². The molecule has 0 unspecified atom stereocenters. The highest BCUT2D eigenvalue weighted by atomic mass is 32.1. The van der Waals surface area contributed by atoms with E-state index in [1.165, 1.54) is 38.5 Å². The molecule has 1 heteroatoms. The molecule has 0 aromatic rings. The number of unbranched alkanes of at least 4 members (excludes halogenated alkanes) is 1. The highest BCUT2D eigenvalue weighted by Crippen LogP contribution is 2.36. The molecular weight excluding hydrogens is 164 g/mol. The van der Waals surface area contributed by atoms with Gasteiger partial charge in [-0.15, -0.1) is 0 Å². The summed E-state index contributed by atoms with van der Waals surface area (Å²) in [6.45, 7) is 6.92. The van der Waals surface area contributed by atoms with E-state index in [2.05, 4.69) is 33.4 Å². The van der Waals surface area contributed by atoms with Crippen molar-refractivity contribution in [3.05, 3.63) is 0 Å². The van der Waals surface area contributed by atoms with Crippen LogP contribution in [-0.4, -0.2) is 5.75 Å². The predicted molar refractivity (Wildman–Crippen MR) is 61.0 cm³/mol. The molecule has 0 saturated heterocycles. The lowest BCUT2D eigenvalue weighted by Crippen LogP contribution is -2.19. The summed E-state index contributed by atoms with van der Waals surface area (Å²) >= 11 is 4.34. The first-order chi connectivity index (χ1) is 5.74. The van der Waals surface area contributed by atoms with Crippen LogP contribution < -0.4 is 0 Å². The van der Waals surface area contributed by atoms with E-state index in [4.69, 9.17) is 0 Å². The predicted octanol–water partition coefficient (Wildman–Crippen LogP) is 4.30. The molecule has 0 aliphatic carbocycles. The Bertz CT molecular complexity index is 95.2. The first-order valence-electron chi connectivity index (χ1n) is 5.35. The lowest BCUT2D eigenvalue weighted by atomic mass is 9.76. The highest BCUT2D eigenvalue weighted by Gasteiger charge is 2.23. The quantitative estimate of drug-likeness (QED) is 0.566. The highest BCUT2D eigenvalue weighted by molar-refractivity contribution is 7.80. The Labute approximate surface area is 83.5 Å². The van der Waals surface area contributed by atoms with E-state index in [1.54, 1.807) is 0 Å². The zero-order chi connectivity index (χ0) is 9.45. The molecule has 0 aliphatic rings. The van der Waals surface area contributed by atoms with E-state index in [0.717, 1.165) is 5.75 Å². The van der Waals surface area contributed by atoms with E-state index in [1.807, 2.05) is 0 Å². The first kappa shape index (κ1) is 12.3. The Kier molecular flexibility index (Phi) is 7.02. The molecule has 0 spiro atoms. The zero-order valence-electron chi connectivity index (χ0n) is 8.90. The van der Waals surface area contributed by atoms with Crippen LogP contribution in [0, 0.1) is 5.41 Å². The minimum absolute atomic E-state index is 0.609. The molecule has 0 heterocycles. The van der Waals surface area contributed by atoms with Gasteiger partial charge in [-0.2, -0.15) is 12.6 Å². The monoisotopic (exact) mass is 188 g/mol. The summed E-state index contributed by atoms with van der Waals surface area (Å²) in [7, 11) is 0. The van der Waals surface area contributed by atoms with Gasteiger partial charge in [0.15, 0.2) is 0 Å². The first-order valence-corrected chi connectivity index (χ1v) is 5.98. The largest absolute Gasteiger partial charge is 0.179 e. The minimum Gasteiger partial charge on any atom is -0.179 e. The Hall–Kier alpha value is 0.350. The van der Waals surface area contributed by atoms with Gasteiger partial charge >= 0.3 is 0 Å². The molecule has 0 aromatic carbocycles. The summed E-state index contributed by atoms with van der Waals surface area (Å²) in [5.41, 5.74) is 0.609. The molecule has 0 bridgehead atoms. The van der Waals surface area contributed by atoms with Crippen LogP contribution in [0.1, 0.15) is 59.3 Å². The van der Waals surface area contributed by atoms with Crippen LogP contribution in [0.3, 0.4) is 0 Å². The van der Waals surface area contributed by atoms with E-state index < -0.39 is 0 Å². The van der Waals surface area contributed by atoms with Crippen molar-refractivity contribution in [2.24, 2.45) is 5.41 Å². The smallest absolute Gasteiger partial charge is 0.00926 e. The van der Waals surface area contributed by atoms with Gasteiger partial charge in [0.2, 0.25) is 0 Å². The molecule has 0 rings (SSSR count). The van der Waals surface area contributed by atoms with Gasteiger partial charge in [0, 0.05) is 0 Å². The normalized spacial score (nSPS) is 12.0. The maximum Gasteiger partial charge on any atom is -0.00926 e. The summed E-state index contributed by atoms with van der Waals surface area (Å²) in [5.74, 6) is 1.05. The molecule has 0 atom stereocenters. The molecule has 0 radical (unpaired) electrons. The Morgan fingerprint density at radius 2 is 1.58 bits per heavy atom. The lowest BCUT2D eigenvalue weighted by Gasteiger charge is -2.31. The third-order valence-corrected chi connectivity index (χ3v) is 3.43. The van der Waals surface area contributed by atoms with E-state index in [-0.39, 0.29) is 0 Å². The van der Waals surface area contributed by atoms with E-state index >= 15 is 0 Å². The second kappa shape index (κ2) is 6.82. The number of hydrogen-bond donors (Lipinski definition) is 1. The van der Waals surface area contributed by atoms with Gasteiger partial charge in [0.1, 0.15) is 0 Å². The Morgan fingerprint density at radius 3 is 1.92 bits per heavy atom. The lowest BCUT2D eigenvalue weighted by molar-refractivity contribution is 0.224. The van der Waals surface area contributed by atoms with Gasteiger partial charge < -0.3 is 0 Å². The average Bonchev–Trinajstić information content (AvgIpc) is 2.13. The van der Waals surface area contributed by atoms with Gasteiger partial charge in [-0.3, -0.25) is 0 Å². The zero-order valence-corrected chi connectivity index (χ0v) is 9.79. The second-order valence-electron chi connectivity index (χ2n) is 3.78. The fourth-order valence-corrected chi connectivity index (χ4v) is 2.35. The van der Waals surface area contributed by atoms with Gasteiger partial charge in [0.05, 0.1) is 0 Å². The van der Waals surface area contributed by atoms with Crippen molar-refractivity contribution in [2.75, 3.05) is 5.75 Å². The van der Waals surface area contributed by atoms with Crippen molar-refractivity contribution < 1.29 is 0 Å². The van der Waals surface area contributed by atoms with Gasteiger partial charge in [0.25, 0.3) is 0 Å². The standard InChI is InChI=1S/C11H24S/c1-4-7-8-11(5-2,6-3)9-10-12/h12H,4-10H2,1-3H3. The molecule has 12 heavy (non-hydrogen) atoms. The third-order valence-electron chi connectivity index (χ3n) is 3.20. The van der Waals surface area contributed by atoms with Crippen molar-refractivity contribution in [1.29, 1.82) is 0 Å². The second-order valence-corrected chi connectivity index (χ2v) is 4.23. The molecule has 0 fully saturated rings. The maximum atomic E-state index is 4.34. The Balaban J connectivity index is 3.95. The summed E-state index contributed by atoms with van der Waals surface area (Å²) in [6, 6.07) is 0. The molecule has 0 nitrogen and oxygen atoms in total. The third kappa shape index (κ3) is 3.84. The van der Waals surface area contributed by atoms with Crippen LogP contribution in [0.2, 0.25) is 0 Å². The van der Waals surface area contributed by atoms with Crippen molar-refractivity contribution in [3.8, 4) is 0 Å². The Morgan fingerprint density at radius 1 is 1.00 bits per heavy atom. The van der Waals surface area contributed by atoms with E-state index in [9.17, 15) is 0 Å². The molecule has 0 aliphatic heterocycles. The van der Waals surface area contributed by atoms with Crippen molar-refractivity contribution in [2.45, 2.75) is 59.3 Å². The maximum absolute atomic E-state index is 4.34. The van der Waals surface area contributed by atoms with Crippen molar-refractivity contribution >= 4 is 12.6 Å². The summed E-state index contributed by atoms with van der Waals surface area (Å²) in [5, 5.41) is 0. The number of rotatable bonds is 7. The van der Waals surface area contributed by atoms with Crippen LogP contribution in [0.4, 0.5) is 0 Å². The molecular formula is C11H24S. The molecule has 0 aromatic heterocycles. The minimum atomic E-state index is 0.609. The van der Waals surface area contributed by atoms with Crippen molar-refractivity contribution in [3.63, 3.8) is 0 Å².